The third-order valence-corrected chi connectivity index (χ3v) is 7.55. The lowest BCUT2D eigenvalue weighted by Gasteiger charge is -2.47. The largest absolute Gasteiger partial charge is 0.367 e. The molecule has 5 nitrogen and oxygen atoms in total. The number of anilines is 1. The number of hydrogen-bond acceptors (Lipinski definition) is 4. The molecule has 4 aromatic rings. The standard InChI is InChI=1S/C26H25F2N5/c1-14-15-7-9-17(10-8-15)23(14)30-22-13-21(16-5-3-2-4-6-16)29-26(31-22)25-19-11-18(27)12-20(28)24(19)32-33-25/h2-6,11-15,17,23H,7-10H2,1H3,(H,32,33)(H,29,30,31). The summed E-state index contributed by atoms with van der Waals surface area (Å²) in [5.41, 5.74) is 2.18. The van der Waals surface area contributed by atoms with Crippen molar-refractivity contribution < 1.29 is 8.78 Å². The van der Waals surface area contributed by atoms with E-state index < -0.39 is 11.6 Å². The average molecular weight is 446 g/mol. The van der Waals surface area contributed by atoms with Crippen molar-refractivity contribution in [3.8, 4) is 22.8 Å². The SMILES string of the molecule is CC1C2CCC(CC2)C1Nc1cc(-c2ccccc2)nc(-c2[nH]nc3c(F)cc(F)cc23)n1. The zero-order chi connectivity index (χ0) is 22.5. The summed E-state index contributed by atoms with van der Waals surface area (Å²) in [5, 5.41) is 10.9. The highest BCUT2D eigenvalue weighted by molar-refractivity contribution is 5.92. The van der Waals surface area contributed by atoms with E-state index >= 15 is 0 Å². The fourth-order valence-corrected chi connectivity index (χ4v) is 5.77. The maximum absolute atomic E-state index is 14.3. The molecular formula is C26H25F2N5. The molecule has 0 saturated heterocycles. The van der Waals surface area contributed by atoms with Gasteiger partial charge in [-0.2, -0.15) is 5.10 Å². The number of aromatic nitrogens is 4. The summed E-state index contributed by atoms with van der Waals surface area (Å²) in [4.78, 5) is 9.53. The molecule has 3 fully saturated rings. The number of aromatic amines is 1. The van der Waals surface area contributed by atoms with E-state index in [1.165, 1.54) is 31.7 Å². The van der Waals surface area contributed by atoms with Gasteiger partial charge in [-0.1, -0.05) is 37.3 Å². The molecule has 2 aromatic carbocycles. The maximum Gasteiger partial charge on any atom is 0.180 e. The minimum Gasteiger partial charge on any atom is -0.367 e. The van der Waals surface area contributed by atoms with E-state index in [1.807, 2.05) is 36.4 Å². The van der Waals surface area contributed by atoms with Crippen molar-refractivity contribution in [3.63, 3.8) is 0 Å². The highest BCUT2D eigenvalue weighted by atomic mass is 19.1. The Morgan fingerprint density at radius 1 is 0.939 bits per heavy atom. The van der Waals surface area contributed by atoms with Crippen molar-refractivity contribution in [2.75, 3.05) is 5.32 Å². The molecule has 2 bridgehead atoms. The summed E-state index contributed by atoms with van der Waals surface area (Å²) in [6, 6.07) is 14.3. The predicted molar refractivity (Wildman–Crippen MR) is 124 cm³/mol. The molecule has 7 rings (SSSR count). The summed E-state index contributed by atoms with van der Waals surface area (Å²) in [7, 11) is 0. The van der Waals surface area contributed by atoms with Crippen molar-refractivity contribution in [2.24, 2.45) is 17.8 Å². The smallest absolute Gasteiger partial charge is 0.180 e. The molecule has 168 valence electrons. The fraction of sp³-hybridized carbons (Fsp3) is 0.346. The van der Waals surface area contributed by atoms with Crippen LogP contribution in [0.25, 0.3) is 33.7 Å². The van der Waals surface area contributed by atoms with Crippen molar-refractivity contribution in [2.45, 2.75) is 38.6 Å². The molecule has 3 saturated carbocycles. The number of benzene rings is 2. The quantitative estimate of drug-likeness (QED) is 0.392. The number of nitrogens with zero attached hydrogens (tertiary/aromatic N) is 3. The van der Waals surface area contributed by atoms with Crippen LogP contribution in [0.1, 0.15) is 32.6 Å². The second-order valence-electron chi connectivity index (χ2n) is 9.41. The Balaban J connectivity index is 1.46. The van der Waals surface area contributed by atoms with Crippen LogP contribution in [0.5, 0.6) is 0 Å². The molecule has 0 spiro atoms. The van der Waals surface area contributed by atoms with Crippen LogP contribution in [0.4, 0.5) is 14.6 Å². The number of nitrogens with one attached hydrogen (secondary N) is 2. The van der Waals surface area contributed by atoms with E-state index in [9.17, 15) is 8.78 Å². The van der Waals surface area contributed by atoms with Crippen molar-refractivity contribution in [3.05, 3.63) is 60.2 Å². The van der Waals surface area contributed by atoms with Crippen LogP contribution in [0.15, 0.2) is 48.5 Å². The van der Waals surface area contributed by atoms with Gasteiger partial charge < -0.3 is 5.32 Å². The fourth-order valence-electron chi connectivity index (χ4n) is 5.77. The molecule has 3 aliphatic rings. The van der Waals surface area contributed by atoms with E-state index in [-0.39, 0.29) is 5.52 Å². The second kappa shape index (κ2) is 7.90. The molecule has 0 amide bonds. The van der Waals surface area contributed by atoms with Crippen LogP contribution in [-0.4, -0.2) is 26.2 Å². The van der Waals surface area contributed by atoms with Gasteiger partial charge in [0.15, 0.2) is 11.6 Å². The lowest BCUT2D eigenvalue weighted by Crippen LogP contribution is -2.47. The minimum absolute atomic E-state index is 0.0767. The van der Waals surface area contributed by atoms with Gasteiger partial charge in [-0.15, -0.1) is 0 Å². The van der Waals surface area contributed by atoms with Gasteiger partial charge in [-0.3, -0.25) is 5.10 Å². The first kappa shape index (κ1) is 20.3. The van der Waals surface area contributed by atoms with E-state index in [1.54, 1.807) is 0 Å². The molecule has 2 atom stereocenters. The Hall–Kier alpha value is -3.35. The molecule has 0 radical (unpaired) electrons. The highest BCUT2D eigenvalue weighted by Crippen LogP contribution is 2.46. The summed E-state index contributed by atoms with van der Waals surface area (Å²) in [6.07, 6.45) is 5.12. The van der Waals surface area contributed by atoms with Crippen molar-refractivity contribution >= 4 is 16.7 Å². The van der Waals surface area contributed by atoms with E-state index in [0.717, 1.165) is 29.1 Å². The lowest BCUT2D eigenvalue weighted by atomic mass is 9.62. The zero-order valence-electron chi connectivity index (χ0n) is 18.4. The van der Waals surface area contributed by atoms with Gasteiger partial charge in [-0.25, -0.2) is 18.7 Å². The third-order valence-electron chi connectivity index (χ3n) is 7.55. The van der Waals surface area contributed by atoms with Crippen LogP contribution in [0, 0.1) is 29.4 Å². The Bertz CT molecular complexity index is 1310. The Morgan fingerprint density at radius 2 is 1.70 bits per heavy atom. The van der Waals surface area contributed by atoms with Gasteiger partial charge in [0.2, 0.25) is 0 Å². The summed E-state index contributed by atoms with van der Waals surface area (Å²) >= 11 is 0. The van der Waals surface area contributed by atoms with Gasteiger partial charge in [0, 0.05) is 29.1 Å². The number of halogens is 2. The number of hydrogen-bond donors (Lipinski definition) is 2. The average Bonchev–Trinajstić information content (AvgIpc) is 3.26. The van der Waals surface area contributed by atoms with E-state index in [2.05, 4.69) is 22.4 Å². The van der Waals surface area contributed by atoms with Gasteiger partial charge in [0.25, 0.3) is 0 Å². The van der Waals surface area contributed by atoms with Gasteiger partial charge >= 0.3 is 0 Å². The molecule has 2 heterocycles. The molecule has 0 aliphatic heterocycles. The van der Waals surface area contributed by atoms with E-state index in [0.29, 0.717) is 34.8 Å². The summed E-state index contributed by atoms with van der Waals surface area (Å²) < 4.78 is 28.3. The second-order valence-corrected chi connectivity index (χ2v) is 9.41. The minimum atomic E-state index is -0.711. The van der Waals surface area contributed by atoms with E-state index in [4.69, 9.17) is 9.97 Å². The normalized spacial score (nSPS) is 24.3. The van der Waals surface area contributed by atoms with Crippen LogP contribution in [0.2, 0.25) is 0 Å². The Morgan fingerprint density at radius 3 is 2.45 bits per heavy atom. The van der Waals surface area contributed by atoms with Crippen LogP contribution >= 0.6 is 0 Å². The Labute approximate surface area is 190 Å². The summed E-state index contributed by atoms with van der Waals surface area (Å²) in [6.45, 7) is 2.34. The molecule has 2 unspecified atom stereocenters. The van der Waals surface area contributed by atoms with Crippen molar-refractivity contribution in [1.82, 2.24) is 20.2 Å². The molecule has 2 N–H and O–H groups in total. The maximum atomic E-state index is 14.3. The molecule has 33 heavy (non-hydrogen) atoms. The Kier molecular flexibility index (Phi) is 4.85. The van der Waals surface area contributed by atoms with Crippen LogP contribution < -0.4 is 5.32 Å². The van der Waals surface area contributed by atoms with Crippen molar-refractivity contribution in [1.29, 1.82) is 0 Å². The molecular weight excluding hydrogens is 420 g/mol. The number of rotatable bonds is 4. The lowest BCUT2D eigenvalue weighted by molar-refractivity contribution is 0.0928. The van der Waals surface area contributed by atoms with Gasteiger partial charge in [0.1, 0.15) is 22.8 Å². The predicted octanol–water partition coefficient (Wildman–Crippen LogP) is 6.20. The zero-order valence-corrected chi connectivity index (χ0v) is 18.4. The summed E-state index contributed by atoms with van der Waals surface area (Å²) in [5.74, 6) is 1.68. The third kappa shape index (κ3) is 3.56. The highest BCUT2D eigenvalue weighted by Gasteiger charge is 2.41. The number of H-pyrrole nitrogens is 1. The van der Waals surface area contributed by atoms with Crippen LogP contribution in [-0.2, 0) is 0 Å². The first-order valence-electron chi connectivity index (χ1n) is 11.6. The number of fused-ring (bicyclic) bond motifs is 4. The molecule has 2 aromatic heterocycles. The van der Waals surface area contributed by atoms with Gasteiger partial charge in [-0.05, 0) is 49.5 Å². The van der Waals surface area contributed by atoms with Gasteiger partial charge in [0.05, 0.1) is 5.69 Å². The van der Waals surface area contributed by atoms with Crippen LogP contribution in [0.3, 0.4) is 0 Å². The molecule has 7 heteroatoms. The first-order chi connectivity index (χ1) is 16.1. The monoisotopic (exact) mass is 445 g/mol. The first-order valence-corrected chi connectivity index (χ1v) is 11.6. The topological polar surface area (TPSA) is 66.5 Å². The molecule has 3 aliphatic carbocycles.